The Labute approximate surface area is 410 Å². The van der Waals surface area contributed by atoms with Crippen LogP contribution in [-0.4, -0.2) is 20.4 Å². The first-order chi connectivity index (χ1) is 32.1. The van der Waals surface area contributed by atoms with Crippen molar-refractivity contribution in [2.24, 2.45) is 0 Å². The minimum absolute atomic E-state index is 0. The first-order valence-electron chi connectivity index (χ1n) is 24.2. The minimum atomic E-state index is 0. The first kappa shape index (κ1) is 43.5. The van der Waals surface area contributed by atoms with E-state index >= 15 is 0 Å². The standard InChI is InChI=1S/C31H38N2.C30H18BN2.Au/c1-20(2)24-13-11-14-25(21(3)4)30(24)32-19-33(29-18-10-9-17-28(29)32)31-26(22(5)6)15-12-16-27(31)23(7)8;1-3-14-24-18(8-1)20-10-5-12-22-29(20)32(24)26-16-7-17-27-28(26)31(22)23-13-6-11-21-19-9-2-4-15-25(19)33(27)30(21)23;/h9-18,20-23H,1-8H3;1-6,8-17,26,28H;/q;-1;. The normalized spacial score (nSPS) is 15.9. The Balaban J connectivity index is 0.000000145. The topological polar surface area (TPSA) is 18.7 Å². The van der Waals surface area contributed by atoms with Gasteiger partial charge >= 0.3 is 0 Å². The molecule has 335 valence electrons. The molecule has 10 aromatic rings. The van der Waals surface area contributed by atoms with Gasteiger partial charge in [0.05, 0.1) is 22.4 Å². The fraction of sp³-hybridized carbons (Fsp3) is 0.230. The number of benzene rings is 7. The molecule has 3 aliphatic rings. The van der Waals surface area contributed by atoms with Gasteiger partial charge in [-0.05, 0) is 58.1 Å². The van der Waals surface area contributed by atoms with Gasteiger partial charge in [0.2, 0.25) is 6.71 Å². The summed E-state index contributed by atoms with van der Waals surface area (Å²) in [6.07, 6.45) is 12.0. The molecule has 0 saturated carbocycles. The maximum atomic E-state index is 3.84. The molecule has 0 amide bonds. The van der Waals surface area contributed by atoms with E-state index in [1.807, 2.05) is 0 Å². The number of rotatable bonds is 6. The predicted octanol–water partition coefficient (Wildman–Crippen LogP) is 13.9. The van der Waals surface area contributed by atoms with Crippen molar-refractivity contribution in [2.45, 2.75) is 90.9 Å². The van der Waals surface area contributed by atoms with Crippen molar-refractivity contribution in [3.8, 4) is 11.4 Å². The van der Waals surface area contributed by atoms with E-state index in [1.54, 1.807) is 0 Å². The molecule has 0 N–H and O–H groups in total. The van der Waals surface area contributed by atoms with Crippen molar-refractivity contribution in [2.75, 3.05) is 0 Å². The molecule has 1 aliphatic carbocycles. The largest absolute Gasteiger partial charge is 0.395 e. The summed E-state index contributed by atoms with van der Waals surface area (Å²) in [5.41, 5.74) is 20.1. The first-order valence-corrected chi connectivity index (χ1v) is 24.2. The van der Waals surface area contributed by atoms with Crippen molar-refractivity contribution in [3.63, 3.8) is 0 Å². The van der Waals surface area contributed by atoms with Crippen LogP contribution in [0.2, 0.25) is 5.82 Å². The van der Waals surface area contributed by atoms with Crippen LogP contribution in [0.15, 0.2) is 158 Å². The summed E-state index contributed by atoms with van der Waals surface area (Å²) in [4.78, 5) is 0. The molecule has 3 aromatic heterocycles. The summed E-state index contributed by atoms with van der Waals surface area (Å²) in [5.74, 6) is 2.05. The van der Waals surface area contributed by atoms with Crippen LogP contribution in [-0.2, 0) is 22.4 Å². The van der Waals surface area contributed by atoms with E-state index in [-0.39, 0.29) is 28.4 Å². The summed E-state index contributed by atoms with van der Waals surface area (Å²) in [6.45, 7) is 18.6. The van der Waals surface area contributed by atoms with E-state index in [0.29, 0.717) is 36.2 Å². The van der Waals surface area contributed by atoms with E-state index in [0.717, 1.165) is 0 Å². The molecular formula is C61H56AuBN4-. The van der Waals surface area contributed by atoms with Gasteiger partial charge in [0.25, 0.3) is 6.33 Å². The van der Waals surface area contributed by atoms with Crippen LogP contribution in [0.25, 0.3) is 71.7 Å². The van der Waals surface area contributed by atoms with Crippen LogP contribution in [0.3, 0.4) is 0 Å². The minimum Gasteiger partial charge on any atom is -0.395 e. The second-order valence-corrected chi connectivity index (χ2v) is 20.1. The molecule has 67 heavy (non-hydrogen) atoms. The number of fused-ring (bicyclic) bond motifs is 11. The number of hydrogen-bond acceptors (Lipinski definition) is 0. The summed E-state index contributed by atoms with van der Waals surface area (Å²) < 4.78 is 9.77. The molecule has 0 saturated heterocycles. The summed E-state index contributed by atoms with van der Waals surface area (Å²) in [6, 6.07) is 54.1. The molecule has 7 aromatic carbocycles. The fourth-order valence-electron chi connectivity index (χ4n) is 12.1. The smallest absolute Gasteiger partial charge is 0.269 e. The zero-order valence-corrected chi connectivity index (χ0v) is 41.8. The van der Waals surface area contributed by atoms with E-state index in [4.69, 9.17) is 0 Å². The molecule has 6 heteroatoms. The molecular weight excluding hydrogens is 996 g/mol. The molecule has 2 unspecified atom stereocenters. The Morgan fingerprint density at radius 1 is 0.507 bits per heavy atom. The van der Waals surface area contributed by atoms with Gasteiger partial charge in [-0.1, -0.05) is 206 Å². The summed E-state index contributed by atoms with van der Waals surface area (Å²) >= 11 is 0. The second-order valence-electron chi connectivity index (χ2n) is 20.1. The Kier molecular flexibility index (Phi) is 10.8. The van der Waals surface area contributed by atoms with Gasteiger partial charge in [0.1, 0.15) is 0 Å². The predicted molar refractivity (Wildman–Crippen MR) is 279 cm³/mol. The number of nitrogens with zero attached hydrogens (tertiary/aromatic N) is 4. The quantitative estimate of drug-likeness (QED) is 0.0898. The van der Waals surface area contributed by atoms with Crippen LogP contribution < -0.4 is 15.5 Å². The number of para-hydroxylation sites is 8. The van der Waals surface area contributed by atoms with E-state index in [2.05, 4.69) is 244 Å². The van der Waals surface area contributed by atoms with Crippen LogP contribution in [0, 0.1) is 12.4 Å². The van der Waals surface area contributed by atoms with Crippen molar-refractivity contribution in [3.05, 3.63) is 192 Å². The summed E-state index contributed by atoms with van der Waals surface area (Å²) in [7, 11) is 0. The molecule has 1 radical (unpaired) electrons. The van der Waals surface area contributed by atoms with Gasteiger partial charge in [-0.25, -0.2) is 6.08 Å². The Morgan fingerprint density at radius 3 is 1.63 bits per heavy atom. The molecule has 0 spiro atoms. The van der Waals surface area contributed by atoms with Crippen molar-refractivity contribution < 1.29 is 26.9 Å². The van der Waals surface area contributed by atoms with E-state index in [1.165, 1.54) is 105 Å². The second kappa shape index (κ2) is 16.6. The van der Waals surface area contributed by atoms with Crippen LogP contribution in [0.4, 0.5) is 0 Å². The monoisotopic (exact) mass is 1050 g/mol. The molecule has 13 rings (SSSR count). The average Bonchev–Trinajstić information content (AvgIpc) is 4.00. The number of allylic oxidation sites excluding steroid dienone is 4. The van der Waals surface area contributed by atoms with Crippen molar-refractivity contribution in [1.82, 2.24) is 13.7 Å². The number of imidazole rings is 1. The van der Waals surface area contributed by atoms with Crippen LogP contribution in [0.1, 0.15) is 107 Å². The van der Waals surface area contributed by atoms with Gasteiger partial charge in [-0.3, -0.25) is 15.2 Å². The van der Waals surface area contributed by atoms with Gasteiger partial charge in [-0.15, -0.1) is 5.70 Å². The van der Waals surface area contributed by atoms with Crippen molar-refractivity contribution in [1.29, 1.82) is 0 Å². The molecule has 0 fully saturated rings. The maximum Gasteiger partial charge on any atom is 0.269 e. The molecule has 5 heterocycles. The third kappa shape index (κ3) is 6.42. The zero-order valence-electron chi connectivity index (χ0n) is 39.6. The van der Waals surface area contributed by atoms with Gasteiger partial charge in [0, 0.05) is 72.0 Å². The van der Waals surface area contributed by atoms with Crippen LogP contribution >= 0.6 is 0 Å². The Morgan fingerprint density at radius 2 is 1.00 bits per heavy atom. The van der Waals surface area contributed by atoms with E-state index in [9.17, 15) is 0 Å². The molecule has 2 aliphatic heterocycles. The third-order valence-corrected chi connectivity index (χ3v) is 15.0. The van der Waals surface area contributed by atoms with Crippen molar-refractivity contribution >= 4 is 78.0 Å². The third-order valence-electron chi connectivity index (χ3n) is 15.0. The van der Waals surface area contributed by atoms with Gasteiger partial charge in [0.15, 0.2) is 0 Å². The Bertz CT molecular complexity index is 3500. The van der Waals surface area contributed by atoms with Gasteiger partial charge < -0.3 is 9.13 Å². The molecule has 2 atom stereocenters. The van der Waals surface area contributed by atoms with E-state index < -0.39 is 0 Å². The molecule has 4 nitrogen and oxygen atoms in total. The average molecular weight is 1050 g/mol. The van der Waals surface area contributed by atoms with Crippen LogP contribution in [0.5, 0.6) is 0 Å². The summed E-state index contributed by atoms with van der Waals surface area (Å²) in [5, 5.41) is 5.40. The number of aromatic nitrogens is 4. The van der Waals surface area contributed by atoms with Gasteiger partial charge in [-0.2, -0.15) is 6.08 Å². The zero-order chi connectivity index (χ0) is 45.1. The SMILES string of the molecule is CC(C)c1cccc(C(C)C)c1-n1[c-][n+](-c2c(C(C)C)cccc2C(C)C)c2ccccc21.[Au].[C-]1=CC2C3B(c4cccc5c6ccccc6n(c45)C3=C1)c1cccc3c4ccccc4n2c13. The molecule has 0 bridgehead atoms. The fourth-order valence-corrected chi connectivity index (χ4v) is 12.1. The Hall–Kier alpha value is -6.10. The number of hydrogen-bond donors (Lipinski definition) is 0. The maximum absolute atomic E-state index is 3.84.